The Morgan fingerprint density at radius 3 is 2.47 bits per heavy atom. The summed E-state index contributed by atoms with van der Waals surface area (Å²) in [7, 11) is 2.82. The number of rotatable bonds is 4. The van der Waals surface area contributed by atoms with E-state index in [1.54, 1.807) is 6.07 Å². The highest BCUT2D eigenvalue weighted by Gasteiger charge is 2.07. The lowest BCUT2D eigenvalue weighted by molar-refractivity contribution is -0.140. The van der Waals surface area contributed by atoms with Crippen molar-refractivity contribution in [3.8, 4) is 5.75 Å². The average molecular weight is 242 g/mol. The van der Waals surface area contributed by atoms with Crippen molar-refractivity contribution in [2.24, 2.45) is 0 Å². The van der Waals surface area contributed by atoms with Crippen LogP contribution in [0.5, 0.6) is 5.75 Å². The molecule has 0 aromatic heterocycles. The van der Waals surface area contributed by atoms with E-state index in [1.807, 2.05) is 13.8 Å². The highest BCUT2D eigenvalue weighted by atomic mass is 19.1. The van der Waals surface area contributed by atoms with E-state index in [-0.39, 0.29) is 18.2 Å². The molecule has 4 heteroatoms. The first-order valence-corrected chi connectivity index (χ1v) is 5.56. The lowest BCUT2D eigenvalue weighted by Crippen LogP contribution is -2.03. The Kier molecular flexibility index (Phi) is 7.76. The summed E-state index contributed by atoms with van der Waals surface area (Å²) >= 11 is 0. The average Bonchev–Trinajstić information content (AvgIpc) is 2.39. The lowest BCUT2D eigenvalue weighted by Gasteiger charge is -2.05. The van der Waals surface area contributed by atoms with Crippen LogP contribution in [0.2, 0.25) is 0 Å². The molecule has 0 aliphatic carbocycles. The van der Waals surface area contributed by atoms with Gasteiger partial charge in [0.05, 0.1) is 14.2 Å². The summed E-state index contributed by atoms with van der Waals surface area (Å²) in [6, 6.07) is 4.45. The number of carbonyl (C=O) groups is 1. The molecule has 0 radical (unpaired) electrons. The minimum atomic E-state index is -0.350. The van der Waals surface area contributed by atoms with E-state index in [0.29, 0.717) is 17.7 Å². The Morgan fingerprint density at radius 1 is 1.29 bits per heavy atom. The van der Waals surface area contributed by atoms with Crippen molar-refractivity contribution in [1.29, 1.82) is 0 Å². The van der Waals surface area contributed by atoms with Gasteiger partial charge in [0.2, 0.25) is 0 Å². The summed E-state index contributed by atoms with van der Waals surface area (Å²) in [5, 5.41) is 0. The van der Waals surface area contributed by atoms with Crippen LogP contribution in [0, 0.1) is 5.82 Å². The first-order chi connectivity index (χ1) is 8.17. The fourth-order valence-corrected chi connectivity index (χ4v) is 1.21. The smallest absolute Gasteiger partial charge is 0.305 e. The van der Waals surface area contributed by atoms with Gasteiger partial charge in [-0.05, 0) is 30.2 Å². The van der Waals surface area contributed by atoms with Gasteiger partial charge in [-0.2, -0.15) is 0 Å². The monoisotopic (exact) mass is 242 g/mol. The molecule has 0 amide bonds. The molecule has 1 rings (SSSR count). The first kappa shape index (κ1) is 15.4. The number of esters is 1. The summed E-state index contributed by atoms with van der Waals surface area (Å²) in [4.78, 5) is 10.9. The standard InChI is InChI=1S/C11H13FO3.C2H6/c1-14-9-4-5-10(12)8(7-9)3-6-11(13)15-2;1-2/h4-5,7H,3,6H2,1-2H3;1-2H3. The van der Waals surface area contributed by atoms with Crippen LogP contribution in [0.1, 0.15) is 25.8 Å². The second kappa shape index (κ2) is 8.56. The molecule has 0 aliphatic rings. The van der Waals surface area contributed by atoms with Crippen LogP contribution in [0.3, 0.4) is 0 Å². The summed E-state index contributed by atoms with van der Waals surface area (Å²) in [6.07, 6.45) is 0.482. The maximum Gasteiger partial charge on any atom is 0.305 e. The third-order valence-electron chi connectivity index (χ3n) is 2.08. The molecule has 0 unspecified atom stereocenters. The minimum absolute atomic E-state index is 0.167. The summed E-state index contributed by atoms with van der Waals surface area (Å²) in [5.41, 5.74) is 0.458. The first-order valence-electron chi connectivity index (χ1n) is 5.56. The highest BCUT2D eigenvalue weighted by Crippen LogP contribution is 2.17. The van der Waals surface area contributed by atoms with Gasteiger partial charge in [-0.3, -0.25) is 4.79 Å². The SMILES string of the molecule is CC.COC(=O)CCc1cc(OC)ccc1F. The van der Waals surface area contributed by atoms with Crippen LogP contribution in [0.15, 0.2) is 18.2 Å². The van der Waals surface area contributed by atoms with Gasteiger partial charge in [0.15, 0.2) is 0 Å². The Labute approximate surface area is 102 Å². The number of benzene rings is 1. The van der Waals surface area contributed by atoms with Gasteiger partial charge in [-0.25, -0.2) is 4.39 Å². The molecule has 0 fully saturated rings. The molecule has 0 saturated heterocycles. The largest absolute Gasteiger partial charge is 0.497 e. The molecular formula is C13H19FO3. The molecule has 0 aliphatic heterocycles. The number of carbonyl (C=O) groups excluding carboxylic acids is 1. The van der Waals surface area contributed by atoms with Crippen molar-refractivity contribution in [3.05, 3.63) is 29.6 Å². The van der Waals surface area contributed by atoms with Crippen LogP contribution in [0.25, 0.3) is 0 Å². The number of ether oxygens (including phenoxy) is 2. The summed E-state index contributed by atoms with van der Waals surface area (Å²) in [5.74, 6) is -0.104. The molecule has 96 valence electrons. The second-order valence-corrected chi connectivity index (χ2v) is 3.03. The number of methoxy groups -OCH3 is 2. The predicted molar refractivity (Wildman–Crippen MR) is 64.6 cm³/mol. The predicted octanol–water partition coefficient (Wildman–Crippen LogP) is 2.97. The molecule has 3 nitrogen and oxygen atoms in total. The van der Waals surface area contributed by atoms with Crippen molar-refractivity contribution in [2.45, 2.75) is 26.7 Å². The van der Waals surface area contributed by atoms with Crippen molar-refractivity contribution in [3.63, 3.8) is 0 Å². The summed E-state index contributed by atoms with van der Waals surface area (Å²) < 4.78 is 22.7. The van der Waals surface area contributed by atoms with Gasteiger partial charge in [0.1, 0.15) is 11.6 Å². The van der Waals surface area contributed by atoms with Crippen LogP contribution < -0.4 is 4.74 Å². The van der Waals surface area contributed by atoms with E-state index < -0.39 is 0 Å². The molecule has 0 N–H and O–H groups in total. The van der Waals surface area contributed by atoms with E-state index in [1.165, 1.54) is 26.4 Å². The van der Waals surface area contributed by atoms with Gasteiger partial charge in [-0.15, -0.1) is 0 Å². The lowest BCUT2D eigenvalue weighted by atomic mass is 10.1. The number of hydrogen-bond donors (Lipinski definition) is 0. The normalized spacial score (nSPS) is 9.00. The zero-order valence-corrected chi connectivity index (χ0v) is 10.7. The minimum Gasteiger partial charge on any atom is -0.497 e. The molecule has 0 bridgehead atoms. The number of hydrogen-bond acceptors (Lipinski definition) is 3. The fourth-order valence-electron chi connectivity index (χ4n) is 1.21. The second-order valence-electron chi connectivity index (χ2n) is 3.03. The molecule has 1 aromatic carbocycles. The Hall–Kier alpha value is -1.58. The molecule has 17 heavy (non-hydrogen) atoms. The van der Waals surface area contributed by atoms with Gasteiger partial charge in [0.25, 0.3) is 0 Å². The Bertz CT molecular complexity index is 351. The molecule has 0 saturated carbocycles. The van der Waals surface area contributed by atoms with E-state index >= 15 is 0 Å². The zero-order chi connectivity index (χ0) is 13.3. The quantitative estimate of drug-likeness (QED) is 0.761. The van der Waals surface area contributed by atoms with Crippen LogP contribution in [-0.2, 0) is 16.0 Å². The molecule has 0 spiro atoms. The Morgan fingerprint density at radius 2 is 1.94 bits per heavy atom. The molecule has 1 aromatic rings. The van der Waals surface area contributed by atoms with E-state index in [4.69, 9.17) is 4.74 Å². The van der Waals surface area contributed by atoms with Crippen molar-refractivity contribution < 1.29 is 18.7 Å². The van der Waals surface area contributed by atoms with Crippen LogP contribution in [0.4, 0.5) is 4.39 Å². The van der Waals surface area contributed by atoms with Crippen molar-refractivity contribution in [2.75, 3.05) is 14.2 Å². The molecule has 0 atom stereocenters. The van der Waals surface area contributed by atoms with Gasteiger partial charge in [-0.1, -0.05) is 13.8 Å². The third-order valence-corrected chi connectivity index (χ3v) is 2.08. The molecule has 0 heterocycles. The third kappa shape index (κ3) is 5.33. The highest BCUT2D eigenvalue weighted by molar-refractivity contribution is 5.69. The maximum absolute atomic E-state index is 13.3. The number of halogens is 1. The van der Waals surface area contributed by atoms with Crippen LogP contribution in [-0.4, -0.2) is 20.2 Å². The zero-order valence-electron chi connectivity index (χ0n) is 10.7. The van der Waals surface area contributed by atoms with E-state index in [9.17, 15) is 9.18 Å². The fraction of sp³-hybridized carbons (Fsp3) is 0.462. The van der Waals surface area contributed by atoms with Crippen LogP contribution >= 0.6 is 0 Å². The van der Waals surface area contributed by atoms with Crippen molar-refractivity contribution >= 4 is 5.97 Å². The number of aryl methyl sites for hydroxylation is 1. The van der Waals surface area contributed by atoms with Gasteiger partial charge < -0.3 is 9.47 Å². The van der Waals surface area contributed by atoms with Crippen molar-refractivity contribution in [1.82, 2.24) is 0 Å². The van der Waals surface area contributed by atoms with E-state index in [0.717, 1.165) is 0 Å². The van der Waals surface area contributed by atoms with Gasteiger partial charge >= 0.3 is 5.97 Å². The maximum atomic E-state index is 13.3. The molecular weight excluding hydrogens is 223 g/mol. The Balaban J connectivity index is 0.00000121. The van der Waals surface area contributed by atoms with Gasteiger partial charge in [0, 0.05) is 6.42 Å². The topological polar surface area (TPSA) is 35.5 Å². The summed E-state index contributed by atoms with van der Waals surface area (Å²) in [6.45, 7) is 4.00. The van der Waals surface area contributed by atoms with E-state index in [2.05, 4.69) is 4.74 Å².